The number of carboxylic acid groups (broad SMARTS) is 1. The van der Waals surface area contributed by atoms with Gasteiger partial charge in [-0.1, -0.05) is 0 Å². The zero-order chi connectivity index (χ0) is 9.47. The van der Waals surface area contributed by atoms with Gasteiger partial charge in [0, 0.05) is 6.20 Å². The van der Waals surface area contributed by atoms with Crippen LogP contribution in [0.15, 0.2) is 18.3 Å². The molecular weight excluding hydrogens is 168 g/mol. The third-order valence-electron chi connectivity index (χ3n) is 2.45. The Balaban J connectivity index is 2.47. The summed E-state index contributed by atoms with van der Waals surface area (Å²) >= 11 is 0. The maximum Gasteiger partial charge on any atom is 0.315 e. The number of carbonyl (C=O) groups is 1. The van der Waals surface area contributed by atoms with Crippen molar-refractivity contribution in [2.24, 2.45) is 0 Å². The summed E-state index contributed by atoms with van der Waals surface area (Å²) in [5, 5.41) is 8.99. The van der Waals surface area contributed by atoms with Crippen LogP contribution in [-0.2, 0) is 10.2 Å². The summed E-state index contributed by atoms with van der Waals surface area (Å²) in [6, 6.07) is 3.39. The molecule has 1 heterocycles. The van der Waals surface area contributed by atoms with Gasteiger partial charge in [0.05, 0.1) is 11.4 Å². The Bertz CT molecular complexity index is 358. The average molecular weight is 178 g/mol. The maximum absolute atomic E-state index is 10.9. The SMILES string of the molecule is Nc1cccnc1C1(C(=O)O)CC1. The first-order valence-electron chi connectivity index (χ1n) is 4.11. The van der Waals surface area contributed by atoms with Gasteiger partial charge in [-0.3, -0.25) is 9.78 Å². The third-order valence-corrected chi connectivity index (χ3v) is 2.45. The molecule has 1 aromatic rings. The highest BCUT2D eigenvalue weighted by molar-refractivity contribution is 5.86. The standard InChI is InChI=1S/C9H10N2O2/c10-6-2-1-5-11-7(6)9(3-4-9)8(12)13/h1-2,5H,3-4,10H2,(H,12,13). The number of aliphatic carboxylic acids is 1. The topological polar surface area (TPSA) is 76.2 Å². The monoisotopic (exact) mass is 178 g/mol. The molecule has 0 unspecified atom stereocenters. The van der Waals surface area contributed by atoms with Gasteiger partial charge in [-0.15, -0.1) is 0 Å². The van der Waals surface area contributed by atoms with Gasteiger partial charge in [0.1, 0.15) is 5.41 Å². The fourth-order valence-corrected chi connectivity index (χ4v) is 1.49. The van der Waals surface area contributed by atoms with Gasteiger partial charge >= 0.3 is 5.97 Å². The second kappa shape index (κ2) is 2.45. The molecule has 1 aliphatic rings. The first kappa shape index (κ1) is 8.04. The lowest BCUT2D eigenvalue weighted by Crippen LogP contribution is -2.22. The summed E-state index contributed by atoms with van der Waals surface area (Å²) in [4.78, 5) is 15.0. The minimum absolute atomic E-state index is 0.474. The lowest BCUT2D eigenvalue weighted by molar-refractivity contribution is -0.140. The van der Waals surface area contributed by atoms with E-state index in [1.807, 2.05) is 0 Å². The second-order valence-electron chi connectivity index (χ2n) is 3.33. The van der Waals surface area contributed by atoms with Crippen LogP contribution in [0, 0.1) is 0 Å². The fraction of sp³-hybridized carbons (Fsp3) is 0.333. The molecule has 0 aliphatic heterocycles. The molecule has 1 fully saturated rings. The van der Waals surface area contributed by atoms with Crippen molar-refractivity contribution >= 4 is 11.7 Å². The van der Waals surface area contributed by atoms with Crippen molar-refractivity contribution < 1.29 is 9.90 Å². The zero-order valence-corrected chi connectivity index (χ0v) is 7.03. The predicted octanol–water partition coefficient (Wildman–Crippen LogP) is 0.780. The van der Waals surface area contributed by atoms with Crippen LogP contribution in [0.25, 0.3) is 0 Å². The number of aromatic nitrogens is 1. The zero-order valence-electron chi connectivity index (χ0n) is 7.03. The van der Waals surface area contributed by atoms with Gasteiger partial charge in [0.25, 0.3) is 0 Å². The summed E-state index contributed by atoms with van der Waals surface area (Å²) in [5.74, 6) is -0.821. The maximum atomic E-state index is 10.9. The van der Waals surface area contributed by atoms with E-state index in [0.717, 1.165) is 0 Å². The van der Waals surface area contributed by atoms with E-state index in [4.69, 9.17) is 10.8 Å². The number of carboxylic acids is 1. The number of hydrogen-bond acceptors (Lipinski definition) is 3. The number of hydrogen-bond donors (Lipinski definition) is 2. The number of nitrogens with zero attached hydrogens (tertiary/aromatic N) is 1. The third kappa shape index (κ3) is 1.06. The van der Waals surface area contributed by atoms with Crippen LogP contribution < -0.4 is 5.73 Å². The summed E-state index contributed by atoms with van der Waals surface area (Å²) in [5.41, 5.74) is 5.86. The molecule has 0 bridgehead atoms. The number of pyridine rings is 1. The largest absolute Gasteiger partial charge is 0.481 e. The molecule has 4 nitrogen and oxygen atoms in total. The van der Waals surface area contributed by atoms with Crippen molar-refractivity contribution in [3.05, 3.63) is 24.0 Å². The van der Waals surface area contributed by atoms with Crippen LogP contribution in [0.2, 0.25) is 0 Å². The van der Waals surface area contributed by atoms with E-state index in [1.165, 1.54) is 0 Å². The van der Waals surface area contributed by atoms with E-state index >= 15 is 0 Å². The Morgan fingerprint density at radius 2 is 2.31 bits per heavy atom. The van der Waals surface area contributed by atoms with Crippen molar-refractivity contribution in [1.29, 1.82) is 0 Å². The number of anilines is 1. The van der Waals surface area contributed by atoms with E-state index in [9.17, 15) is 4.79 Å². The van der Waals surface area contributed by atoms with E-state index in [-0.39, 0.29) is 0 Å². The Labute approximate surface area is 75.4 Å². The molecule has 0 amide bonds. The molecule has 1 aliphatic carbocycles. The van der Waals surface area contributed by atoms with Gasteiger partial charge in [-0.05, 0) is 25.0 Å². The number of nitrogens with two attached hydrogens (primary N) is 1. The highest BCUT2D eigenvalue weighted by atomic mass is 16.4. The van der Waals surface area contributed by atoms with Gasteiger partial charge in [-0.2, -0.15) is 0 Å². The summed E-state index contributed by atoms with van der Waals surface area (Å²) < 4.78 is 0. The Hall–Kier alpha value is -1.58. The first-order chi connectivity index (χ1) is 6.17. The van der Waals surface area contributed by atoms with E-state index in [2.05, 4.69) is 4.98 Å². The quantitative estimate of drug-likeness (QED) is 0.701. The van der Waals surface area contributed by atoms with E-state index in [1.54, 1.807) is 18.3 Å². The Morgan fingerprint density at radius 1 is 1.62 bits per heavy atom. The normalized spacial score (nSPS) is 18.2. The van der Waals surface area contributed by atoms with Crippen LogP contribution >= 0.6 is 0 Å². The molecule has 1 saturated carbocycles. The molecule has 0 atom stereocenters. The summed E-state index contributed by atoms with van der Waals surface area (Å²) in [7, 11) is 0. The van der Waals surface area contributed by atoms with E-state index < -0.39 is 11.4 Å². The Morgan fingerprint density at radius 3 is 2.77 bits per heavy atom. The fourth-order valence-electron chi connectivity index (χ4n) is 1.49. The van der Waals surface area contributed by atoms with Crippen molar-refractivity contribution in [2.45, 2.75) is 18.3 Å². The molecule has 1 aromatic heterocycles. The van der Waals surface area contributed by atoms with Crippen LogP contribution in [0.3, 0.4) is 0 Å². The lowest BCUT2D eigenvalue weighted by atomic mass is 10.0. The van der Waals surface area contributed by atoms with Gasteiger partial charge in [0.2, 0.25) is 0 Å². The summed E-state index contributed by atoms with van der Waals surface area (Å²) in [6.45, 7) is 0. The van der Waals surface area contributed by atoms with Crippen LogP contribution in [-0.4, -0.2) is 16.1 Å². The lowest BCUT2D eigenvalue weighted by Gasteiger charge is -2.10. The minimum atomic E-state index is -0.821. The predicted molar refractivity (Wildman–Crippen MR) is 47.2 cm³/mol. The Kier molecular flexibility index (Phi) is 1.52. The van der Waals surface area contributed by atoms with Crippen LogP contribution in [0.5, 0.6) is 0 Å². The molecule has 0 aromatic carbocycles. The highest BCUT2D eigenvalue weighted by Gasteiger charge is 2.54. The highest BCUT2D eigenvalue weighted by Crippen LogP contribution is 2.49. The van der Waals surface area contributed by atoms with E-state index in [0.29, 0.717) is 24.2 Å². The molecule has 0 spiro atoms. The molecule has 4 heteroatoms. The van der Waals surface area contributed by atoms with Crippen molar-refractivity contribution in [3.63, 3.8) is 0 Å². The smallest absolute Gasteiger partial charge is 0.315 e. The molecule has 13 heavy (non-hydrogen) atoms. The van der Waals surface area contributed by atoms with Gasteiger partial charge < -0.3 is 10.8 Å². The number of nitrogen functional groups attached to an aromatic ring is 1. The van der Waals surface area contributed by atoms with Crippen molar-refractivity contribution in [3.8, 4) is 0 Å². The molecule has 2 rings (SSSR count). The van der Waals surface area contributed by atoms with Crippen molar-refractivity contribution in [1.82, 2.24) is 4.98 Å². The second-order valence-corrected chi connectivity index (χ2v) is 3.33. The molecule has 3 N–H and O–H groups in total. The first-order valence-corrected chi connectivity index (χ1v) is 4.11. The minimum Gasteiger partial charge on any atom is -0.481 e. The molecular formula is C9H10N2O2. The number of rotatable bonds is 2. The molecule has 0 saturated heterocycles. The van der Waals surface area contributed by atoms with Gasteiger partial charge in [-0.25, -0.2) is 0 Å². The summed E-state index contributed by atoms with van der Waals surface area (Å²) in [6.07, 6.45) is 2.86. The van der Waals surface area contributed by atoms with Gasteiger partial charge in [0.15, 0.2) is 0 Å². The van der Waals surface area contributed by atoms with Crippen molar-refractivity contribution in [2.75, 3.05) is 5.73 Å². The van der Waals surface area contributed by atoms with Crippen LogP contribution in [0.1, 0.15) is 18.5 Å². The average Bonchev–Trinajstić information content (AvgIpc) is 2.85. The molecule has 0 radical (unpaired) electrons. The molecule has 68 valence electrons. The van der Waals surface area contributed by atoms with Crippen LogP contribution in [0.4, 0.5) is 5.69 Å².